The van der Waals surface area contributed by atoms with Crippen LogP contribution in [0.1, 0.15) is 40.0 Å². The van der Waals surface area contributed by atoms with Crippen molar-refractivity contribution in [3.8, 4) is 0 Å². The Hall–Kier alpha value is -2.12. The number of esters is 2. The number of ether oxygens (including phenoxy) is 2. The number of rotatable bonds is 6. The summed E-state index contributed by atoms with van der Waals surface area (Å²) in [6.07, 6.45) is 0.496. The fourth-order valence-corrected chi connectivity index (χ4v) is 2.25. The van der Waals surface area contributed by atoms with Crippen molar-refractivity contribution in [1.82, 2.24) is 5.43 Å². The van der Waals surface area contributed by atoms with Crippen molar-refractivity contribution in [3.05, 3.63) is 0 Å². The maximum Gasteiger partial charge on any atom is 0.332 e. The Bertz CT molecular complexity index is 463. The Balaban J connectivity index is 2.80. The monoisotopic (exact) mass is 299 g/mol. The molecule has 1 aliphatic heterocycles. The number of urea groups is 1. The minimum absolute atomic E-state index is 0.193. The van der Waals surface area contributed by atoms with Gasteiger partial charge in [-0.1, -0.05) is 0 Å². The van der Waals surface area contributed by atoms with Gasteiger partial charge in [-0.05, 0) is 33.6 Å². The molecule has 3 N–H and O–H groups in total. The molecular weight excluding hydrogens is 278 g/mol. The quantitative estimate of drug-likeness (QED) is 0.323. The van der Waals surface area contributed by atoms with Crippen LogP contribution in [0.4, 0.5) is 4.79 Å². The smallest absolute Gasteiger partial charge is 0.332 e. The van der Waals surface area contributed by atoms with Gasteiger partial charge in [-0.15, -0.1) is 0 Å². The van der Waals surface area contributed by atoms with Crippen LogP contribution < -0.4 is 11.2 Å². The van der Waals surface area contributed by atoms with Gasteiger partial charge in [-0.25, -0.2) is 10.2 Å². The van der Waals surface area contributed by atoms with E-state index in [2.05, 4.69) is 10.5 Å². The van der Waals surface area contributed by atoms with E-state index in [9.17, 15) is 14.4 Å². The van der Waals surface area contributed by atoms with Gasteiger partial charge in [0.15, 0.2) is 5.41 Å². The molecule has 0 aliphatic carbocycles. The number of hydrazone groups is 1. The van der Waals surface area contributed by atoms with Gasteiger partial charge in [-0.2, -0.15) is 5.10 Å². The predicted molar refractivity (Wildman–Crippen MR) is 74.3 cm³/mol. The molecule has 2 atom stereocenters. The van der Waals surface area contributed by atoms with Crippen LogP contribution in [0, 0.1) is 5.41 Å². The third kappa shape index (κ3) is 4.17. The molecular formula is C13H21N3O5. The molecule has 0 spiro atoms. The van der Waals surface area contributed by atoms with Crippen LogP contribution in [0.5, 0.6) is 0 Å². The van der Waals surface area contributed by atoms with Crippen LogP contribution in [0.3, 0.4) is 0 Å². The number of nitrogens with one attached hydrogen (secondary N) is 1. The Morgan fingerprint density at radius 1 is 1.57 bits per heavy atom. The fourth-order valence-electron chi connectivity index (χ4n) is 2.25. The Kier molecular flexibility index (Phi) is 5.69. The molecule has 118 valence electrons. The summed E-state index contributed by atoms with van der Waals surface area (Å²) in [5.74, 6) is -1.14. The summed E-state index contributed by atoms with van der Waals surface area (Å²) < 4.78 is 10.1. The van der Waals surface area contributed by atoms with E-state index in [0.717, 1.165) is 0 Å². The van der Waals surface area contributed by atoms with Gasteiger partial charge in [0.25, 0.3) is 0 Å². The molecule has 21 heavy (non-hydrogen) atoms. The van der Waals surface area contributed by atoms with Crippen molar-refractivity contribution in [2.75, 3.05) is 6.61 Å². The standard InChI is InChI=1S/C13H21N3O5/c1-4-20-10(17)13(7-9(3)21-11(13)18)6-5-8(2)15-16-12(14)19/h9H,4-7H2,1-3H3,(H3,14,16,19). The minimum Gasteiger partial charge on any atom is -0.465 e. The van der Waals surface area contributed by atoms with E-state index in [0.29, 0.717) is 12.1 Å². The average molecular weight is 299 g/mol. The van der Waals surface area contributed by atoms with Crippen LogP contribution in [0.2, 0.25) is 0 Å². The molecule has 1 saturated heterocycles. The van der Waals surface area contributed by atoms with Crippen LogP contribution in [-0.2, 0) is 19.1 Å². The van der Waals surface area contributed by atoms with Gasteiger partial charge in [0.1, 0.15) is 6.10 Å². The van der Waals surface area contributed by atoms with E-state index in [1.165, 1.54) is 0 Å². The van der Waals surface area contributed by atoms with Crippen molar-refractivity contribution in [1.29, 1.82) is 0 Å². The molecule has 1 fully saturated rings. The minimum atomic E-state index is -1.29. The molecule has 0 radical (unpaired) electrons. The maximum absolute atomic E-state index is 12.1. The highest BCUT2D eigenvalue weighted by molar-refractivity contribution is 6.02. The number of primary amides is 1. The van der Waals surface area contributed by atoms with Gasteiger partial charge >= 0.3 is 18.0 Å². The van der Waals surface area contributed by atoms with Crippen molar-refractivity contribution in [3.63, 3.8) is 0 Å². The lowest BCUT2D eigenvalue weighted by Gasteiger charge is -2.22. The first-order valence-corrected chi connectivity index (χ1v) is 6.78. The van der Waals surface area contributed by atoms with Gasteiger partial charge in [0.05, 0.1) is 6.61 Å². The third-order valence-corrected chi connectivity index (χ3v) is 3.27. The summed E-state index contributed by atoms with van der Waals surface area (Å²) in [5, 5.41) is 3.75. The summed E-state index contributed by atoms with van der Waals surface area (Å²) in [6.45, 7) is 5.27. The third-order valence-electron chi connectivity index (χ3n) is 3.27. The van der Waals surface area contributed by atoms with E-state index in [4.69, 9.17) is 15.2 Å². The Morgan fingerprint density at radius 3 is 2.71 bits per heavy atom. The number of cyclic esters (lactones) is 1. The van der Waals surface area contributed by atoms with Crippen molar-refractivity contribution in [2.24, 2.45) is 16.3 Å². The lowest BCUT2D eigenvalue weighted by Crippen LogP contribution is -2.38. The molecule has 2 unspecified atom stereocenters. The summed E-state index contributed by atoms with van der Waals surface area (Å²) in [6, 6.07) is -0.775. The fraction of sp³-hybridized carbons (Fsp3) is 0.692. The van der Waals surface area contributed by atoms with Gasteiger partial charge in [-0.3, -0.25) is 9.59 Å². The van der Waals surface area contributed by atoms with Crippen LogP contribution in [0.25, 0.3) is 0 Å². The zero-order valence-electron chi connectivity index (χ0n) is 12.5. The molecule has 8 heteroatoms. The normalized spacial score (nSPS) is 25.4. The zero-order valence-corrected chi connectivity index (χ0v) is 12.5. The molecule has 1 rings (SSSR count). The summed E-state index contributed by atoms with van der Waals surface area (Å²) >= 11 is 0. The van der Waals surface area contributed by atoms with E-state index in [-0.39, 0.29) is 25.6 Å². The van der Waals surface area contributed by atoms with Crippen LogP contribution in [-0.4, -0.2) is 36.4 Å². The number of hydrogen-bond donors (Lipinski definition) is 2. The second-order valence-electron chi connectivity index (χ2n) is 5.05. The van der Waals surface area contributed by atoms with Crippen molar-refractivity contribution >= 4 is 23.7 Å². The highest BCUT2D eigenvalue weighted by Crippen LogP contribution is 2.39. The molecule has 0 aromatic rings. The summed E-state index contributed by atoms with van der Waals surface area (Å²) in [4.78, 5) is 34.8. The number of hydrogen-bond acceptors (Lipinski definition) is 6. The maximum atomic E-state index is 12.1. The molecule has 0 bridgehead atoms. The van der Waals surface area contributed by atoms with Gasteiger partial charge in [0.2, 0.25) is 0 Å². The van der Waals surface area contributed by atoms with E-state index in [1.54, 1.807) is 20.8 Å². The summed E-state index contributed by atoms with van der Waals surface area (Å²) in [5.41, 5.74) is 6.26. The SMILES string of the molecule is CCOC(=O)C1(CCC(C)=NNC(N)=O)CC(C)OC1=O. The molecule has 8 nitrogen and oxygen atoms in total. The van der Waals surface area contributed by atoms with E-state index < -0.39 is 23.4 Å². The zero-order chi connectivity index (χ0) is 16.0. The van der Waals surface area contributed by atoms with Gasteiger partial charge in [0, 0.05) is 12.1 Å². The molecule has 0 saturated carbocycles. The number of amides is 2. The molecule has 1 aliphatic rings. The van der Waals surface area contributed by atoms with Crippen molar-refractivity contribution < 1.29 is 23.9 Å². The lowest BCUT2D eigenvalue weighted by atomic mass is 9.80. The first-order valence-electron chi connectivity index (χ1n) is 6.78. The second kappa shape index (κ2) is 7.05. The Labute approximate surface area is 123 Å². The molecule has 1 heterocycles. The first kappa shape index (κ1) is 16.9. The molecule has 2 amide bonds. The first-order chi connectivity index (χ1) is 9.81. The number of nitrogens with zero attached hydrogens (tertiary/aromatic N) is 1. The predicted octanol–water partition coefficient (Wildman–Crippen LogP) is 0.696. The average Bonchev–Trinajstić information content (AvgIpc) is 2.69. The topological polar surface area (TPSA) is 120 Å². The number of carbonyl (C=O) groups is 3. The molecule has 0 aromatic carbocycles. The molecule has 0 aromatic heterocycles. The highest BCUT2D eigenvalue weighted by Gasteiger charge is 2.54. The van der Waals surface area contributed by atoms with E-state index >= 15 is 0 Å². The van der Waals surface area contributed by atoms with E-state index in [1.807, 2.05) is 0 Å². The second-order valence-corrected chi connectivity index (χ2v) is 5.05. The van der Waals surface area contributed by atoms with Crippen LogP contribution in [0.15, 0.2) is 5.10 Å². The van der Waals surface area contributed by atoms with Crippen LogP contribution >= 0.6 is 0 Å². The summed E-state index contributed by atoms with van der Waals surface area (Å²) in [7, 11) is 0. The van der Waals surface area contributed by atoms with Crippen molar-refractivity contribution in [2.45, 2.75) is 46.1 Å². The van der Waals surface area contributed by atoms with Gasteiger partial charge < -0.3 is 15.2 Å². The highest BCUT2D eigenvalue weighted by atomic mass is 16.6. The number of carbonyl (C=O) groups excluding carboxylic acids is 3. The largest absolute Gasteiger partial charge is 0.465 e. The number of nitrogens with two attached hydrogens (primary N) is 1. The lowest BCUT2D eigenvalue weighted by molar-refractivity contribution is -0.165. The Morgan fingerprint density at radius 2 is 2.24 bits per heavy atom.